The fraction of sp³-hybridized carbons (Fsp3) is 0.400. The number of esters is 1. The third kappa shape index (κ3) is 5.19. The fourth-order valence-electron chi connectivity index (χ4n) is 9.56. The second-order valence-corrected chi connectivity index (χ2v) is 14.8. The van der Waals surface area contributed by atoms with Gasteiger partial charge in [-0.25, -0.2) is 14.0 Å². The van der Waals surface area contributed by atoms with Crippen LogP contribution in [0.3, 0.4) is 0 Å². The van der Waals surface area contributed by atoms with E-state index >= 15 is 0 Å². The van der Waals surface area contributed by atoms with Gasteiger partial charge in [0.15, 0.2) is 6.29 Å². The van der Waals surface area contributed by atoms with Gasteiger partial charge in [-0.3, -0.25) is 4.98 Å². The lowest BCUT2D eigenvalue weighted by atomic mass is 9.42. The zero-order valence-electron chi connectivity index (χ0n) is 28.4. The van der Waals surface area contributed by atoms with Gasteiger partial charge in [0.25, 0.3) is 0 Å². The smallest absolute Gasteiger partial charge is 0.345 e. The molecule has 10 nitrogen and oxygen atoms in total. The lowest BCUT2D eigenvalue weighted by Crippen LogP contribution is -2.72. The Morgan fingerprint density at radius 1 is 1.08 bits per heavy atom. The number of carbonyl (C=O) groups excluding carboxylic acids is 1. The first-order valence-electron chi connectivity index (χ1n) is 17.1. The number of aromatic nitrogens is 1. The van der Waals surface area contributed by atoms with Crippen molar-refractivity contribution in [1.82, 2.24) is 4.98 Å². The number of hydrogen-bond acceptors (Lipinski definition) is 10. The van der Waals surface area contributed by atoms with E-state index in [-0.39, 0.29) is 41.3 Å². The number of halogens is 1. The fourth-order valence-corrected chi connectivity index (χ4v) is 9.56. The Hall–Kier alpha value is -4.89. The van der Waals surface area contributed by atoms with Crippen molar-refractivity contribution in [1.29, 1.82) is 5.26 Å². The van der Waals surface area contributed by atoms with Gasteiger partial charge in [0, 0.05) is 40.9 Å². The first-order valence-corrected chi connectivity index (χ1v) is 17.1. The molecule has 262 valence electrons. The van der Waals surface area contributed by atoms with E-state index in [9.17, 15) is 24.3 Å². The molecule has 1 N–H and O–H groups in total. The number of rotatable bonds is 4. The Labute approximate surface area is 293 Å². The molecular formula is C40H37FN2O8. The van der Waals surface area contributed by atoms with Crippen molar-refractivity contribution < 1.29 is 37.7 Å². The molecule has 4 aliphatic rings. The van der Waals surface area contributed by atoms with Crippen molar-refractivity contribution in [2.75, 3.05) is 6.61 Å². The van der Waals surface area contributed by atoms with Crippen LogP contribution in [0.4, 0.5) is 4.39 Å². The summed E-state index contributed by atoms with van der Waals surface area (Å²) in [5.74, 6) is -1.65. The molecule has 51 heavy (non-hydrogen) atoms. The molecule has 3 fully saturated rings. The lowest BCUT2D eigenvalue weighted by Gasteiger charge is -2.67. The zero-order valence-corrected chi connectivity index (χ0v) is 28.4. The van der Waals surface area contributed by atoms with Crippen LogP contribution in [0.15, 0.2) is 88.3 Å². The molecule has 0 amide bonds. The van der Waals surface area contributed by atoms with Crippen LogP contribution in [0, 0.1) is 39.8 Å². The molecule has 1 saturated heterocycles. The van der Waals surface area contributed by atoms with E-state index in [0.717, 1.165) is 0 Å². The summed E-state index contributed by atoms with van der Waals surface area (Å²) in [6, 6.07) is 19.7. The number of aliphatic hydroxyl groups is 1. The molecule has 9 atom stereocenters. The highest BCUT2D eigenvalue weighted by atomic mass is 19.1. The van der Waals surface area contributed by atoms with E-state index in [0.29, 0.717) is 36.0 Å². The van der Waals surface area contributed by atoms with E-state index in [4.69, 9.17) is 23.4 Å². The van der Waals surface area contributed by atoms with E-state index in [1.807, 2.05) is 6.92 Å². The number of hydrogen-bond donors (Lipinski definition) is 1. The minimum Gasteiger partial charge on any atom is -0.482 e. The van der Waals surface area contributed by atoms with Gasteiger partial charge in [-0.15, -0.1) is 0 Å². The van der Waals surface area contributed by atoms with Gasteiger partial charge < -0.3 is 28.5 Å². The molecule has 0 bridgehead atoms. The molecule has 2 aromatic carbocycles. The summed E-state index contributed by atoms with van der Waals surface area (Å²) < 4.78 is 46.5. The first-order chi connectivity index (χ1) is 24.5. The maximum atomic E-state index is 14.8. The van der Waals surface area contributed by atoms with Crippen molar-refractivity contribution in [2.45, 2.75) is 70.2 Å². The summed E-state index contributed by atoms with van der Waals surface area (Å²) in [6.07, 6.45) is 1.19. The van der Waals surface area contributed by atoms with Crippen LogP contribution in [0.25, 0.3) is 11.3 Å². The second kappa shape index (κ2) is 12.1. The molecule has 0 spiro atoms. The van der Waals surface area contributed by atoms with E-state index in [1.165, 1.54) is 18.2 Å². The van der Waals surface area contributed by atoms with Gasteiger partial charge in [0.05, 0.1) is 36.0 Å². The molecule has 8 rings (SSSR count). The number of nitriles is 1. The number of carbonyl (C=O) groups is 1. The maximum Gasteiger partial charge on any atom is 0.345 e. The zero-order chi connectivity index (χ0) is 35.7. The van der Waals surface area contributed by atoms with E-state index < -0.39 is 58.3 Å². The van der Waals surface area contributed by atoms with E-state index in [1.54, 1.807) is 60.9 Å². The quantitative estimate of drug-likeness (QED) is 0.230. The predicted octanol–water partition coefficient (Wildman–Crippen LogP) is 6.68. The monoisotopic (exact) mass is 692 g/mol. The van der Waals surface area contributed by atoms with Crippen LogP contribution in [-0.4, -0.2) is 40.5 Å². The van der Waals surface area contributed by atoms with Gasteiger partial charge in [0.1, 0.15) is 34.6 Å². The standard InChI is InChI=1S/C40H37FN2O8/c1-38-15-14-30-39(2,21-47-37(50-30)25-8-4-5-9-26(25)41)29(38)18-31(49-35(45)23-12-10-22(19-42)11-13-23)40(3)34(38)33(44)32-28(51-40)17-27(48-36(32)46)24-7-6-16-43-20-24/h4-13,16-17,20,29-31,33-34,37,44H,14-15,18,21H2,1-3H3/t29?,30-,31-,33-,34?,37+,38-,39?,40+/m0/s1. The third-order valence-corrected chi connectivity index (χ3v) is 12.0. The maximum absolute atomic E-state index is 14.8. The predicted molar refractivity (Wildman–Crippen MR) is 180 cm³/mol. The van der Waals surface area contributed by atoms with Crippen molar-refractivity contribution in [3.63, 3.8) is 0 Å². The Bertz CT molecular complexity index is 2100. The van der Waals surface area contributed by atoms with Crippen LogP contribution in [0.1, 0.15) is 79.5 Å². The van der Waals surface area contributed by atoms with Crippen molar-refractivity contribution in [2.24, 2.45) is 22.7 Å². The van der Waals surface area contributed by atoms with Crippen LogP contribution in [0.5, 0.6) is 5.75 Å². The normalized spacial score (nSPS) is 33.6. The molecule has 2 saturated carbocycles. The molecule has 11 heteroatoms. The van der Waals surface area contributed by atoms with Gasteiger partial charge in [-0.05, 0) is 80.0 Å². The minimum atomic E-state index is -1.33. The van der Waals surface area contributed by atoms with Crippen LogP contribution in [-0.2, 0) is 14.2 Å². The Balaban J connectivity index is 1.21. The number of nitrogens with zero attached hydrogens (tertiary/aromatic N) is 2. The molecule has 0 radical (unpaired) electrons. The molecule has 4 aromatic rings. The Morgan fingerprint density at radius 2 is 1.86 bits per heavy atom. The van der Waals surface area contributed by atoms with E-state index in [2.05, 4.69) is 24.9 Å². The summed E-state index contributed by atoms with van der Waals surface area (Å²) in [6.45, 7) is 6.21. The number of aliphatic hydroxyl groups excluding tert-OH is 1. The van der Waals surface area contributed by atoms with Gasteiger partial charge in [-0.2, -0.15) is 5.26 Å². The summed E-state index contributed by atoms with van der Waals surface area (Å²) in [4.78, 5) is 31.6. The lowest BCUT2D eigenvalue weighted by molar-refractivity contribution is -0.330. The second-order valence-electron chi connectivity index (χ2n) is 14.8. The SMILES string of the molecule is CC12CO[C@@H](c3ccccc3F)O[C@H]1CC[C@@]1(C)C2C[C@H](OC(=O)c2ccc(C#N)cc2)[C@@]2(C)Oc3cc(-c4cccnc4)oc(=O)c3[C@H](O)C12. The topological polar surface area (TPSA) is 141 Å². The van der Waals surface area contributed by atoms with Crippen molar-refractivity contribution >= 4 is 5.97 Å². The summed E-state index contributed by atoms with van der Waals surface area (Å²) >= 11 is 0. The highest BCUT2D eigenvalue weighted by Gasteiger charge is 2.71. The Kier molecular flexibility index (Phi) is 7.90. The number of ether oxygens (including phenoxy) is 4. The molecular weight excluding hydrogens is 655 g/mol. The molecule has 2 aromatic heterocycles. The summed E-state index contributed by atoms with van der Waals surface area (Å²) in [5, 5.41) is 21.6. The molecule has 4 heterocycles. The highest BCUT2D eigenvalue weighted by Crippen LogP contribution is 2.68. The van der Waals surface area contributed by atoms with Crippen LogP contribution in [0.2, 0.25) is 0 Å². The van der Waals surface area contributed by atoms with Gasteiger partial charge in [-0.1, -0.05) is 32.0 Å². The molecule has 3 unspecified atom stereocenters. The average Bonchev–Trinajstić information content (AvgIpc) is 3.12. The third-order valence-electron chi connectivity index (χ3n) is 12.0. The molecule has 2 aliphatic carbocycles. The van der Waals surface area contributed by atoms with Crippen molar-refractivity contribution in [3.05, 3.63) is 118 Å². The Morgan fingerprint density at radius 3 is 2.59 bits per heavy atom. The van der Waals surface area contributed by atoms with Gasteiger partial charge >= 0.3 is 11.6 Å². The van der Waals surface area contributed by atoms with Crippen LogP contribution >= 0.6 is 0 Å². The number of fused-ring (bicyclic) bond motifs is 6. The van der Waals surface area contributed by atoms with Gasteiger partial charge in [0.2, 0.25) is 0 Å². The summed E-state index contributed by atoms with van der Waals surface area (Å²) in [7, 11) is 0. The number of benzene rings is 2. The summed E-state index contributed by atoms with van der Waals surface area (Å²) in [5.41, 5.74) is -1.80. The highest BCUT2D eigenvalue weighted by molar-refractivity contribution is 5.89. The molecule has 2 aliphatic heterocycles. The van der Waals surface area contributed by atoms with Crippen molar-refractivity contribution in [3.8, 4) is 23.1 Å². The van der Waals surface area contributed by atoms with Crippen LogP contribution < -0.4 is 10.4 Å². The average molecular weight is 693 g/mol. The number of pyridine rings is 1. The minimum absolute atomic E-state index is 0.00666. The largest absolute Gasteiger partial charge is 0.482 e. The first kappa shape index (κ1) is 33.3.